The fraction of sp³-hybridized carbons (Fsp3) is 0.538. The minimum absolute atomic E-state index is 0.00373. The largest absolute Gasteiger partial charge is 0.380 e. The van der Waals surface area contributed by atoms with Gasteiger partial charge in [-0.1, -0.05) is 29.8 Å². The van der Waals surface area contributed by atoms with Crippen molar-refractivity contribution in [1.82, 2.24) is 0 Å². The molecule has 0 aromatic heterocycles. The summed E-state index contributed by atoms with van der Waals surface area (Å²) in [6.07, 6.45) is 0. The third-order valence-corrected chi connectivity index (χ3v) is 4.58. The highest BCUT2D eigenvalue weighted by molar-refractivity contribution is 6.31. The number of hydrogen-bond donors (Lipinski definition) is 1. The second-order valence-electron chi connectivity index (χ2n) is 5.03. The molecule has 2 aliphatic heterocycles. The van der Waals surface area contributed by atoms with Crippen LogP contribution < -0.4 is 5.73 Å². The van der Waals surface area contributed by atoms with E-state index < -0.39 is 0 Å². The Bertz CT molecular complexity index is 422. The summed E-state index contributed by atoms with van der Waals surface area (Å²) in [7, 11) is 0. The average Bonchev–Trinajstić information content (AvgIpc) is 2.22. The van der Waals surface area contributed by atoms with Gasteiger partial charge in [0.05, 0.1) is 31.8 Å². The summed E-state index contributed by atoms with van der Waals surface area (Å²) in [6, 6.07) is 7.98. The van der Waals surface area contributed by atoms with Crippen molar-refractivity contribution >= 4 is 11.6 Å². The van der Waals surface area contributed by atoms with Crippen molar-refractivity contribution in [2.75, 3.05) is 33.0 Å². The van der Waals surface area contributed by atoms with Crippen LogP contribution in [0.25, 0.3) is 0 Å². The highest BCUT2D eigenvalue weighted by atomic mass is 35.5. The number of rotatable bonds is 3. The van der Waals surface area contributed by atoms with E-state index in [1.54, 1.807) is 0 Å². The summed E-state index contributed by atoms with van der Waals surface area (Å²) in [5.74, 6) is 0. The number of hydrogen-bond acceptors (Lipinski definition) is 3. The third-order valence-electron chi connectivity index (χ3n) is 4.25. The fourth-order valence-corrected chi connectivity index (χ4v) is 3.16. The zero-order valence-electron chi connectivity index (χ0n) is 9.62. The standard InChI is InChI=1S/C13H16ClNO2/c14-11-4-2-1-3-10(11)13(8-17-9-13)12(5-15)6-16-7-12/h1-4H,5-9,15H2. The van der Waals surface area contributed by atoms with E-state index in [0.717, 1.165) is 10.6 Å². The molecule has 4 heteroatoms. The summed E-state index contributed by atoms with van der Waals surface area (Å²) < 4.78 is 10.9. The Morgan fingerprint density at radius 1 is 1.12 bits per heavy atom. The number of halogens is 1. The smallest absolute Gasteiger partial charge is 0.0593 e. The van der Waals surface area contributed by atoms with Gasteiger partial charge in [-0.05, 0) is 11.6 Å². The minimum atomic E-state index is -0.0572. The minimum Gasteiger partial charge on any atom is -0.380 e. The maximum atomic E-state index is 6.33. The molecule has 1 aromatic rings. The molecule has 0 spiro atoms. The molecule has 2 saturated heterocycles. The van der Waals surface area contributed by atoms with Crippen LogP contribution in [0.15, 0.2) is 24.3 Å². The Balaban J connectivity index is 2.06. The summed E-state index contributed by atoms with van der Waals surface area (Å²) >= 11 is 6.33. The molecule has 0 atom stereocenters. The highest BCUT2D eigenvalue weighted by Gasteiger charge is 2.60. The molecule has 0 unspecified atom stereocenters. The van der Waals surface area contributed by atoms with Crippen molar-refractivity contribution in [2.24, 2.45) is 11.1 Å². The van der Waals surface area contributed by atoms with Crippen molar-refractivity contribution < 1.29 is 9.47 Å². The summed E-state index contributed by atoms with van der Waals surface area (Å²) in [4.78, 5) is 0. The van der Waals surface area contributed by atoms with Crippen LogP contribution in [-0.2, 0) is 14.9 Å². The van der Waals surface area contributed by atoms with Crippen LogP contribution in [0.2, 0.25) is 5.02 Å². The lowest BCUT2D eigenvalue weighted by Crippen LogP contribution is -2.69. The van der Waals surface area contributed by atoms with Crippen molar-refractivity contribution in [2.45, 2.75) is 5.41 Å². The molecule has 3 nitrogen and oxygen atoms in total. The van der Waals surface area contributed by atoms with Gasteiger partial charge in [-0.2, -0.15) is 0 Å². The monoisotopic (exact) mass is 253 g/mol. The Morgan fingerprint density at radius 3 is 2.18 bits per heavy atom. The van der Waals surface area contributed by atoms with Gasteiger partial charge in [0.25, 0.3) is 0 Å². The topological polar surface area (TPSA) is 44.5 Å². The van der Waals surface area contributed by atoms with E-state index in [4.69, 9.17) is 26.8 Å². The Kier molecular flexibility index (Phi) is 2.67. The molecule has 2 aliphatic rings. The van der Waals surface area contributed by atoms with Gasteiger partial charge in [0.2, 0.25) is 0 Å². The van der Waals surface area contributed by atoms with E-state index in [9.17, 15) is 0 Å². The SMILES string of the molecule is NCC1(C2(c3ccccc3Cl)COC2)COC1. The summed E-state index contributed by atoms with van der Waals surface area (Å²) in [5.41, 5.74) is 7.07. The normalized spacial score (nSPS) is 24.8. The molecule has 17 heavy (non-hydrogen) atoms. The van der Waals surface area contributed by atoms with Crippen LogP contribution in [0, 0.1) is 5.41 Å². The van der Waals surface area contributed by atoms with Gasteiger partial charge in [0.15, 0.2) is 0 Å². The first kappa shape index (κ1) is 11.5. The molecule has 2 N–H and O–H groups in total. The Labute approximate surface area is 106 Å². The average molecular weight is 254 g/mol. The lowest BCUT2D eigenvalue weighted by atomic mass is 9.57. The third kappa shape index (κ3) is 1.40. The van der Waals surface area contributed by atoms with Gasteiger partial charge in [-0.15, -0.1) is 0 Å². The molecular weight excluding hydrogens is 238 g/mol. The molecule has 3 rings (SSSR count). The predicted molar refractivity (Wildman–Crippen MR) is 66.3 cm³/mol. The molecule has 2 heterocycles. The van der Waals surface area contributed by atoms with Gasteiger partial charge in [0, 0.05) is 17.0 Å². The van der Waals surface area contributed by atoms with E-state index >= 15 is 0 Å². The first-order chi connectivity index (χ1) is 8.24. The number of ether oxygens (including phenoxy) is 2. The summed E-state index contributed by atoms with van der Waals surface area (Å²) in [5, 5.41) is 0.801. The quantitative estimate of drug-likeness (QED) is 0.890. The molecule has 0 aliphatic carbocycles. The van der Waals surface area contributed by atoms with Gasteiger partial charge in [-0.25, -0.2) is 0 Å². The van der Waals surface area contributed by atoms with Crippen LogP contribution in [0.5, 0.6) is 0 Å². The van der Waals surface area contributed by atoms with Crippen molar-refractivity contribution in [3.8, 4) is 0 Å². The van der Waals surface area contributed by atoms with Crippen LogP contribution in [0.3, 0.4) is 0 Å². The second kappa shape index (κ2) is 3.95. The maximum absolute atomic E-state index is 6.33. The Hall–Kier alpha value is -0.610. The molecule has 0 radical (unpaired) electrons. The molecule has 0 amide bonds. The zero-order chi connectivity index (χ0) is 11.9. The van der Waals surface area contributed by atoms with Crippen molar-refractivity contribution in [3.63, 3.8) is 0 Å². The van der Waals surface area contributed by atoms with Crippen LogP contribution in [0.1, 0.15) is 5.56 Å². The van der Waals surface area contributed by atoms with E-state index in [1.807, 2.05) is 18.2 Å². The first-order valence-corrected chi connectivity index (χ1v) is 6.23. The van der Waals surface area contributed by atoms with E-state index in [2.05, 4.69) is 6.07 Å². The zero-order valence-corrected chi connectivity index (χ0v) is 10.4. The highest BCUT2D eigenvalue weighted by Crippen LogP contribution is 2.52. The molecule has 2 fully saturated rings. The van der Waals surface area contributed by atoms with Crippen molar-refractivity contribution in [3.05, 3.63) is 34.9 Å². The van der Waals surface area contributed by atoms with E-state index in [1.165, 1.54) is 0 Å². The molecule has 0 saturated carbocycles. The van der Waals surface area contributed by atoms with E-state index in [0.29, 0.717) is 33.0 Å². The second-order valence-corrected chi connectivity index (χ2v) is 5.44. The van der Waals surface area contributed by atoms with Crippen LogP contribution in [-0.4, -0.2) is 33.0 Å². The lowest BCUT2D eigenvalue weighted by molar-refractivity contribution is -0.223. The first-order valence-electron chi connectivity index (χ1n) is 5.85. The van der Waals surface area contributed by atoms with Gasteiger partial charge < -0.3 is 15.2 Å². The van der Waals surface area contributed by atoms with Crippen molar-refractivity contribution in [1.29, 1.82) is 0 Å². The fourth-order valence-electron chi connectivity index (χ4n) is 2.84. The summed E-state index contributed by atoms with van der Waals surface area (Å²) in [6.45, 7) is 3.41. The van der Waals surface area contributed by atoms with Gasteiger partial charge in [-0.3, -0.25) is 0 Å². The number of nitrogens with two attached hydrogens (primary N) is 1. The molecule has 92 valence electrons. The predicted octanol–water partition coefficient (Wildman–Crippen LogP) is 1.58. The van der Waals surface area contributed by atoms with Crippen LogP contribution >= 0.6 is 11.6 Å². The maximum Gasteiger partial charge on any atom is 0.0593 e. The molecular formula is C13H16ClNO2. The van der Waals surface area contributed by atoms with E-state index in [-0.39, 0.29) is 10.8 Å². The molecule has 0 bridgehead atoms. The lowest BCUT2D eigenvalue weighted by Gasteiger charge is -2.59. The van der Waals surface area contributed by atoms with Crippen LogP contribution in [0.4, 0.5) is 0 Å². The Morgan fingerprint density at radius 2 is 1.76 bits per heavy atom. The van der Waals surface area contributed by atoms with Gasteiger partial charge in [0.1, 0.15) is 0 Å². The molecule has 1 aromatic carbocycles. The van der Waals surface area contributed by atoms with Gasteiger partial charge >= 0.3 is 0 Å². The number of benzene rings is 1.